The molecule has 23 heavy (non-hydrogen) atoms. The van der Waals surface area contributed by atoms with Crippen LogP contribution >= 0.6 is 11.3 Å². The third-order valence-corrected chi connectivity index (χ3v) is 6.95. The molecule has 3 N–H and O–H groups in total. The van der Waals surface area contributed by atoms with E-state index in [4.69, 9.17) is 5.14 Å². The number of benzene rings is 1. The van der Waals surface area contributed by atoms with Crippen molar-refractivity contribution in [2.75, 3.05) is 5.32 Å². The molecule has 2 aromatic rings. The molecule has 3 rings (SSSR count). The average molecular weight is 351 g/mol. The van der Waals surface area contributed by atoms with Crippen molar-refractivity contribution in [3.8, 4) is 0 Å². The Bertz CT molecular complexity index is 849. The van der Waals surface area contributed by atoms with Gasteiger partial charge >= 0.3 is 0 Å². The maximum Gasteiger partial charge on any atom is 0.239 e. The number of thiophene rings is 1. The number of hydrogen-bond acceptors (Lipinski definition) is 4. The van der Waals surface area contributed by atoms with E-state index in [9.17, 15) is 8.42 Å². The third-order valence-electron chi connectivity index (χ3n) is 4.64. The molecule has 1 aliphatic carbocycles. The lowest BCUT2D eigenvalue weighted by Gasteiger charge is -2.13. The first-order valence-electron chi connectivity index (χ1n) is 7.67. The Balaban J connectivity index is 1.85. The highest BCUT2D eigenvalue weighted by Gasteiger charge is 2.38. The number of aryl methyl sites for hydroxylation is 2. The topological polar surface area (TPSA) is 72.2 Å². The van der Waals surface area contributed by atoms with Crippen molar-refractivity contribution in [1.82, 2.24) is 0 Å². The van der Waals surface area contributed by atoms with Gasteiger partial charge in [0.25, 0.3) is 0 Å². The van der Waals surface area contributed by atoms with E-state index >= 15 is 0 Å². The number of rotatable bonds is 5. The normalized spacial score (nSPS) is 16.3. The highest BCUT2D eigenvalue weighted by Crippen LogP contribution is 2.48. The van der Waals surface area contributed by atoms with Crippen LogP contribution in [0.2, 0.25) is 0 Å². The molecule has 0 aliphatic heterocycles. The molecule has 1 aliphatic rings. The van der Waals surface area contributed by atoms with Gasteiger partial charge in [-0.15, -0.1) is 11.3 Å². The van der Waals surface area contributed by atoms with Crippen molar-refractivity contribution < 1.29 is 8.42 Å². The summed E-state index contributed by atoms with van der Waals surface area (Å²) < 4.78 is 23.7. The van der Waals surface area contributed by atoms with Crippen LogP contribution in [0, 0.1) is 13.8 Å². The lowest BCUT2D eigenvalue weighted by atomic mass is 9.98. The summed E-state index contributed by atoms with van der Waals surface area (Å²) in [5.41, 5.74) is 3.45. The van der Waals surface area contributed by atoms with Crippen LogP contribution in [0.15, 0.2) is 29.2 Å². The molecule has 1 aromatic carbocycles. The summed E-state index contributed by atoms with van der Waals surface area (Å²) >= 11 is 1.48. The van der Waals surface area contributed by atoms with Gasteiger partial charge in [0, 0.05) is 27.5 Å². The summed E-state index contributed by atoms with van der Waals surface area (Å²) in [6.07, 6.45) is 2.46. The molecule has 1 fully saturated rings. The first-order chi connectivity index (χ1) is 10.7. The number of hydrogen-bond donors (Lipinski definition) is 2. The molecule has 1 aromatic heterocycles. The molecular formula is C17H22N2O2S2. The van der Waals surface area contributed by atoms with Gasteiger partial charge in [-0.05, 0) is 49.8 Å². The minimum Gasteiger partial charge on any atom is -0.381 e. The SMILES string of the molecule is Cc1sc(C)c(S(N)(=O)=O)c1CNc1cccc(C2(C)CC2)c1. The summed E-state index contributed by atoms with van der Waals surface area (Å²) in [6, 6.07) is 8.39. The third kappa shape index (κ3) is 3.29. The molecule has 4 nitrogen and oxygen atoms in total. The monoisotopic (exact) mass is 350 g/mol. The molecule has 1 heterocycles. The Morgan fingerprint density at radius 1 is 1.26 bits per heavy atom. The van der Waals surface area contributed by atoms with Gasteiger partial charge < -0.3 is 5.32 Å². The summed E-state index contributed by atoms with van der Waals surface area (Å²) in [7, 11) is -3.70. The predicted octanol–water partition coefficient (Wildman–Crippen LogP) is 3.68. The van der Waals surface area contributed by atoms with Gasteiger partial charge in [0.2, 0.25) is 10.0 Å². The van der Waals surface area contributed by atoms with E-state index in [1.165, 1.54) is 29.7 Å². The minimum absolute atomic E-state index is 0.276. The molecule has 6 heteroatoms. The minimum atomic E-state index is -3.70. The molecule has 0 atom stereocenters. The van der Waals surface area contributed by atoms with Crippen molar-refractivity contribution in [2.24, 2.45) is 5.14 Å². The van der Waals surface area contributed by atoms with E-state index in [2.05, 4.69) is 24.4 Å². The maximum absolute atomic E-state index is 11.8. The summed E-state index contributed by atoms with van der Waals surface area (Å²) in [6.45, 7) is 6.47. The van der Waals surface area contributed by atoms with Gasteiger partial charge in [-0.3, -0.25) is 0 Å². The largest absolute Gasteiger partial charge is 0.381 e. The van der Waals surface area contributed by atoms with Crippen LogP contribution in [0.4, 0.5) is 5.69 Å². The second-order valence-corrected chi connectivity index (χ2v) is 9.49. The first-order valence-corrected chi connectivity index (χ1v) is 10.0. The van der Waals surface area contributed by atoms with E-state index in [0.717, 1.165) is 21.0 Å². The Morgan fingerprint density at radius 3 is 2.57 bits per heavy atom. The summed E-state index contributed by atoms with van der Waals surface area (Å²) in [5, 5.41) is 8.74. The molecule has 124 valence electrons. The zero-order chi connectivity index (χ0) is 16.8. The lowest BCUT2D eigenvalue weighted by Crippen LogP contribution is -2.16. The van der Waals surface area contributed by atoms with Gasteiger partial charge in [0.1, 0.15) is 4.90 Å². The van der Waals surface area contributed by atoms with Crippen LogP contribution in [0.1, 0.15) is 40.6 Å². The molecular weight excluding hydrogens is 328 g/mol. The molecule has 1 saturated carbocycles. The van der Waals surface area contributed by atoms with Crippen molar-refractivity contribution in [3.63, 3.8) is 0 Å². The highest BCUT2D eigenvalue weighted by molar-refractivity contribution is 7.89. The van der Waals surface area contributed by atoms with Crippen LogP contribution in [0.5, 0.6) is 0 Å². The first kappa shape index (κ1) is 16.5. The van der Waals surface area contributed by atoms with Gasteiger partial charge in [-0.1, -0.05) is 19.1 Å². The summed E-state index contributed by atoms with van der Waals surface area (Å²) in [5.74, 6) is 0. The van der Waals surface area contributed by atoms with Crippen LogP contribution in [-0.4, -0.2) is 8.42 Å². The maximum atomic E-state index is 11.8. The van der Waals surface area contributed by atoms with E-state index in [1.54, 1.807) is 6.92 Å². The molecule has 0 bridgehead atoms. The highest BCUT2D eigenvalue weighted by atomic mass is 32.2. The predicted molar refractivity (Wildman–Crippen MR) is 95.5 cm³/mol. The van der Waals surface area contributed by atoms with E-state index in [1.807, 2.05) is 19.1 Å². The lowest BCUT2D eigenvalue weighted by molar-refractivity contribution is 0.596. The number of primary sulfonamides is 1. The Morgan fingerprint density at radius 2 is 1.96 bits per heavy atom. The Kier molecular flexibility index (Phi) is 4.02. The van der Waals surface area contributed by atoms with Crippen molar-refractivity contribution >= 4 is 27.0 Å². The van der Waals surface area contributed by atoms with Crippen LogP contribution < -0.4 is 10.5 Å². The van der Waals surface area contributed by atoms with E-state index in [-0.39, 0.29) is 4.90 Å². The fourth-order valence-corrected chi connectivity index (χ4v) is 5.44. The second-order valence-electron chi connectivity index (χ2n) is 6.56. The standard InChI is InChI=1S/C17H22N2O2S2/c1-11-15(16(12(2)22-11)23(18,20)21)10-19-14-6-4-5-13(9-14)17(3)7-8-17/h4-6,9,19H,7-8,10H2,1-3H3,(H2,18,20,21). The quantitative estimate of drug-likeness (QED) is 0.864. The molecule has 0 saturated heterocycles. The number of nitrogens with one attached hydrogen (secondary N) is 1. The second kappa shape index (κ2) is 5.61. The van der Waals surface area contributed by atoms with E-state index < -0.39 is 10.0 Å². The van der Waals surface area contributed by atoms with E-state index in [0.29, 0.717) is 12.0 Å². The molecule has 0 unspecified atom stereocenters. The van der Waals surface area contributed by atoms with Gasteiger partial charge in [0.15, 0.2) is 0 Å². The summed E-state index contributed by atoms with van der Waals surface area (Å²) in [4.78, 5) is 2.02. The zero-order valence-corrected chi connectivity index (χ0v) is 15.3. The van der Waals surface area contributed by atoms with Crippen molar-refractivity contribution in [2.45, 2.75) is 50.5 Å². The molecule has 0 spiro atoms. The Labute approximate surface area is 141 Å². The number of anilines is 1. The van der Waals surface area contributed by atoms with Crippen LogP contribution in [0.25, 0.3) is 0 Å². The zero-order valence-electron chi connectivity index (χ0n) is 13.6. The molecule has 0 radical (unpaired) electrons. The van der Waals surface area contributed by atoms with Crippen molar-refractivity contribution in [3.05, 3.63) is 45.1 Å². The van der Waals surface area contributed by atoms with Crippen LogP contribution in [0.3, 0.4) is 0 Å². The fourth-order valence-electron chi connectivity index (χ4n) is 2.96. The van der Waals surface area contributed by atoms with Gasteiger partial charge in [-0.2, -0.15) is 0 Å². The molecule has 0 amide bonds. The Hall–Kier alpha value is -1.37. The van der Waals surface area contributed by atoms with Gasteiger partial charge in [0.05, 0.1) is 0 Å². The number of nitrogens with two attached hydrogens (primary N) is 1. The smallest absolute Gasteiger partial charge is 0.239 e. The van der Waals surface area contributed by atoms with Gasteiger partial charge in [-0.25, -0.2) is 13.6 Å². The van der Waals surface area contributed by atoms with Crippen LogP contribution in [-0.2, 0) is 22.0 Å². The number of sulfonamides is 1. The average Bonchev–Trinajstić information content (AvgIpc) is 3.13. The fraction of sp³-hybridized carbons (Fsp3) is 0.412. The van der Waals surface area contributed by atoms with Crippen molar-refractivity contribution in [1.29, 1.82) is 0 Å².